The van der Waals surface area contributed by atoms with Gasteiger partial charge in [-0.25, -0.2) is 4.39 Å². The van der Waals surface area contributed by atoms with E-state index in [0.717, 1.165) is 0 Å². The van der Waals surface area contributed by atoms with Crippen LogP contribution in [-0.2, 0) is 0 Å². The van der Waals surface area contributed by atoms with Crippen molar-refractivity contribution in [2.45, 2.75) is 20.0 Å². The molecular formula is C11H11FN2O2. The van der Waals surface area contributed by atoms with Crippen molar-refractivity contribution in [3.8, 4) is 5.75 Å². The summed E-state index contributed by atoms with van der Waals surface area (Å²) in [5.41, 5.74) is 0. The zero-order valence-corrected chi connectivity index (χ0v) is 8.98. The van der Waals surface area contributed by atoms with Gasteiger partial charge in [-0.2, -0.15) is 4.98 Å². The van der Waals surface area contributed by atoms with E-state index in [1.54, 1.807) is 26.0 Å². The van der Waals surface area contributed by atoms with E-state index >= 15 is 0 Å². The van der Waals surface area contributed by atoms with E-state index < -0.39 is 0 Å². The summed E-state index contributed by atoms with van der Waals surface area (Å²) in [5, 5.41) is 3.67. The van der Waals surface area contributed by atoms with Gasteiger partial charge in [0.15, 0.2) is 11.9 Å². The van der Waals surface area contributed by atoms with Crippen molar-refractivity contribution in [3.05, 3.63) is 41.8 Å². The summed E-state index contributed by atoms with van der Waals surface area (Å²) in [6.45, 7) is 3.52. The molecular weight excluding hydrogens is 211 g/mol. The first-order valence-corrected chi connectivity index (χ1v) is 4.87. The molecule has 0 aliphatic heterocycles. The van der Waals surface area contributed by atoms with E-state index in [2.05, 4.69) is 10.1 Å². The summed E-state index contributed by atoms with van der Waals surface area (Å²) in [5.74, 6) is 1.23. The Morgan fingerprint density at radius 2 is 2.00 bits per heavy atom. The standard InChI is InChI=1S/C11H11FN2O2/c1-7(11-13-8(2)14-16-11)15-10-5-3-9(12)4-6-10/h3-7H,1-2H3. The molecule has 1 aromatic heterocycles. The maximum Gasteiger partial charge on any atom is 0.267 e. The lowest BCUT2D eigenvalue weighted by atomic mass is 10.3. The Morgan fingerprint density at radius 1 is 1.31 bits per heavy atom. The lowest BCUT2D eigenvalue weighted by molar-refractivity contribution is 0.175. The number of aromatic nitrogens is 2. The Hall–Kier alpha value is -1.91. The first-order chi connectivity index (χ1) is 7.65. The van der Waals surface area contributed by atoms with Crippen molar-refractivity contribution < 1.29 is 13.7 Å². The monoisotopic (exact) mass is 222 g/mol. The predicted molar refractivity (Wildman–Crippen MR) is 54.5 cm³/mol. The number of hydrogen-bond acceptors (Lipinski definition) is 4. The van der Waals surface area contributed by atoms with E-state index in [1.165, 1.54) is 12.1 Å². The lowest BCUT2D eigenvalue weighted by Gasteiger charge is -2.10. The van der Waals surface area contributed by atoms with E-state index in [4.69, 9.17) is 9.26 Å². The molecule has 1 aromatic carbocycles. The second-order valence-electron chi connectivity index (χ2n) is 3.39. The zero-order chi connectivity index (χ0) is 11.5. The molecule has 1 unspecified atom stereocenters. The maximum absolute atomic E-state index is 12.7. The van der Waals surface area contributed by atoms with Crippen molar-refractivity contribution in [2.24, 2.45) is 0 Å². The predicted octanol–water partition coefficient (Wildman–Crippen LogP) is 2.66. The third kappa shape index (κ3) is 2.36. The molecule has 1 atom stereocenters. The van der Waals surface area contributed by atoms with Gasteiger partial charge in [0.2, 0.25) is 0 Å². The van der Waals surface area contributed by atoms with Crippen molar-refractivity contribution >= 4 is 0 Å². The fourth-order valence-corrected chi connectivity index (χ4v) is 1.25. The highest BCUT2D eigenvalue weighted by atomic mass is 19.1. The molecule has 0 aliphatic rings. The van der Waals surface area contributed by atoms with Crippen LogP contribution < -0.4 is 4.74 Å². The average Bonchev–Trinajstić information content (AvgIpc) is 2.68. The van der Waals surface area contributed by atoms with E-state index in [0.29, 0.717) is 17.5 Å². The van der Waals surface area contributed by atoms with Crippen LogP contribution >= 0.6 is 0 Å². The molecule has 0 N–H and O–H groups in total. The van der Waals surface area contributed by atoms with Gasteiger partial charge in [-0.15, -0.1) is 0 Å². The minimum absolute atomic E-state index is 0.298. The van der Waals surface area contributed by atoms with Gasteiger partial charge in [0.25, 0.3) is 5.89 Å². The van der Waals surface area contributed by atoms with Crippen LogP contribution in [0.1, 0.15) is 24.7 Å². The summed E-state index contributed by atoms with van der Waals surface area (Å²) in [7, 11) is 0. The molecule has 5 heteroatoms. The van der Waals surface area contributed by atoms with Crippen LogP contribution in [0.2, 0.25) is 0 Å². The number of aryl methyl sites for hydroxylation is 1. The van der Waals surface area contributed by atoms with Gasteiger partial charge in [0.05, 0.1) is 0 Å². The highest BCUT2D eigenvalue weighted by molar-refractivity contribution is 5.22. The SMILES string of the molecule is Cc1noc(C(C)Oc2ccc(F)cc2)n1. The summed E-state index contributed by atoms with van der Waals surface area (Å²) in [4.78, 5) is 4.05. The quantitative estimate of drug-likeness (QED) is 0.801. The van der Waals surface area contributed by atoms with Gasteiger partial charge in [-0.05, 0) is 38.1 Å². The Kier molecular flexibility index (Phi) is 2.85. The number of hydrogen-bond donors (Lipinski definition) is 0. The number of rotatable bonds is 3. The van der Waals surface area contributed by atoms with Crippen LogP contribution in [0, 0.1) is 12.7 Å². The summed E-state index contributed by atoms with van der Waals surface area (Å²) >= 11 is 0. The third-order valence-corrected chi connectivity index (χ3v) is 2.02. The van der Waals surface area contributed by atoms with Gasteiger partial charge < -0.3 is 9.26 Å². The molecule has 1 heterocycles. The molecule has 0 spiro atoms. The van der Waals surface area contributed by atoms with Gasteiger partial charge >= 0.3 is 0 Å². The number of nitrogens with zero attached hydrogens (tertiary/aromatic N) is 2. The molecule has 0 saturated heterocycles. The van der Waals surface area contributed by atoms with Gasteiger partial charge in [0.1, 0.15) is 11.6 Å². The van der Waals surface area contributed by atoms with Gasteiger partial charge in [-0.3, -0.25) is 0 Å². The largest absolute Gasteiger partial charge is 0.481 e. The molecule has 2 rings (SSSR count). The maximum atomic E-state index is 12.7. The summed E-state index contributed by atoms with van der Waals surface area (Å²) in [6, 6.07) is 5.77. The van der Waals surface area contributed by atoms with Gasteiger partial charge in [-0.1, -0.05) is 5.16 Å². The van der Waals surface area contributed by atoms with Crippen LogP contribution in [0.4, 0.5) is 4.39 Å². The number of ether oxygens (including phenoxy) is 1. The highest BCUT2D eigenvalue weighted by Gasteiger charge is 2.14. The molecule has 16 heavy (non-hydrogen) atoms. The van der Waals surface area contributed by atoms with Crippen molar-refractivity contribution in [1.82, 2.24) is 10.1 Å². The molecule has 0 aliphatic carbocycles. The first-order valence-electron chi connectivity index (χ1n) is 4.87. The number of benzene rings is 1. The fraction of sp³-hybridized carbons (Fsp3) is 0.273. The average molecular weight is 222 g/mol. The van der Waals surface area contributed by atoms with E-state index in [9.17, 15) is 4.39 Å². The van der Waals surface area contributed by atoms with Crippen LogP contribution in [-0.4, -0.2) is 10.1 Å². The fourth-order valence-electron chi connectivity index (χ4n) is 1.25. The summed E-state index contributed by atoms with van der Waals surface area (Å²) < 4.78 is 23.1. The molecule has 0 saturated carbocycles. The first kappa shape index (κ1) is 10.6. The normalized spacial score (nSPS) is 12.4. The molecule has 84 valence electrons. The van der Waals surface area contributed by atoms with Crippen LogP contribution in [0.5, 0.6) is 5.75 Å². The van der Waals surface area contributed by atoms with E-state index in [1.807, 2.05) is 0 Å². The van der Waals surface area contributed by atoms with Crippen molar-refractivity contribution in [2.75, 3.05) is 0 Å². The molecule has 2 aromatic rings. The Morgan fingerprint density at radius 3 is 2.56 bits per heavy atom. The minimum atomic E-state index is -0.355. The molecule has 4 nitrogen and oxygen atoms in total. The second-order valence-corrected chi connectivity index (χ2v) is 3.39. The number of halogens is 1. The molecule has 0 amide bonds. The summed E-state index contributed by atoms with van der Waals surface area (Å²) in [6.07, 6.45) is -0.355. The van der Waals surface area contributed by atoms with Gasteiger partial charge in [0, 0.05) is 0 Å². The Labute approximate surface area is 92.0 Å². The van der Waals surface area contributed by atoms with Crippen LogP contribution in [0.25, 0.3) is 0 Å². The zero-order valence-electron chi connectivity index (χ0n) is 8.98. The Balaban J connectivity index is 2.07. The third-order valence-electron chi connectivity index (χ3n) is 2.02. The lowest BCUT2D eigenvalue weighted by Crippen LogP contribution is -2.03. The smallest absolute Gasteiger partial charge is 0.267 e. The topological polar surface area (TPSA) is 48.2 Å². The molecule has 0 fully saturated rings. The van der Waals surface area contributed by atoms with Crippen molar-refractivity contribution in [1.29, 1.82) is 0 Å². The van der Waals surface area contributed by atoms with E-state index in [-0.39, 0.29) is 11.9 Å². The van der Waals surface area contributed by atoms with Crippen LogP contribution in [0.3, 0.4) is 0 Å². The van der Waals surface area contributed by atoms with Crippen molar-refractivity contribution in [3.63, 3.8) is 0 Å². The molecule has 0 radical (unpaired) electrons. The highest BCUT2D eigenvalue weighted by Crippen LogP contribution is 2.20. The minimum Gasteiger partial charge on any atom is -0.481 e. The molecule has 0 bridgehead atoms. The Bertz CT molecular complexity index is 467. The second kappa shape index (κ2) is 4.30. The van der Waals surface area contributed by atoms with Crippen LogP contribution in [0.15, 0.2) is 28.8 Å².